The molecule has 0 aliphatic carbocycles. The average molecular weight is 415 g/mol. The number of carbonyl (C=O) groups is 2. The predicted molar refractivity (Wildman–Crippen MR) is 118 cm³/mol. The van der Waals surface area contributed by atoms with Gasteiger partial charge >= 0.3 is 0 Å². The number of likely N-dealkylation sites (tertiary alicyclic amines) is 1. The number of benzene rings is 2. The van der Waals surface area contributed by atoms with Crippen LogP contribution in [0.2, 0.25) is 0 Å². The summed E-state index contributed by atoms with van der Waals surface area (Å²) in [6.07, 6.45) is 1.53. The number of amides is 1. The van der Waals surface area contributed by atoms with E-state index in [9.17, 15) is 14.7 Å². The summed E-state index contributed by atoms with van der Waals surface area (Å²) in [7, 11) is 0. The lowest BCUT2D eigenvalue weighted by atomic mass is 9.93. The summed E-state index contributed by atoms with van der Waals surface area (Å²) in [4.78, 5) is 27.5. The zero-order valence-corrected chi connectivity index (χ0v) is 17.8. The van der Waals surface area contributed by atoms with Crippen molar-refractivity contribution in [2.45, 2.75) is 39.3 Å². The van der Waals surface area contributed by atoms with E-state index < -0.39 is 17.7 Å². The monoisotopic (exact) mass is 415 g/mol. The van der Waals surface area contributed by atoms with Gasteiger partial charge in [-0.05, 0) is 36.1 Å². The van der Waals surface area contributed by atoms with Crippen molar-refractivity contribution in [2.24, 2.45) is 0 Å². The van der Waals surface area contributed by atoms with Gasteiger partial charge in [0, 0.05) is 5.56 Å². The molecule has 0 radical (unpaired) electrons. The third-order valence-electron chi connectivity index (χ3n) is 5.69. The lowest BCUT2D eigenvalue weighted by Gasteiger charge is -2.25. The Bertz CT molecular complexity index is 1120. The minimum atomic E-state index is -0.701. The first-order chi connectivity index (χ1) is 14.9. The zero-order valence-electron chi connectivity index (χ0n) is 17.8. The van der Waals surface area contributed by atoms with Gasteiger partial charge in [0.1, 0.15) is 11.5 Å². The zero-order chi connectivity index (χ0) is 22.1. The molecule has 1 fully saturated rings. The van der Waals surface area contributed by atoms with Crippen LogP contribution in [-0.4, -0.2) is 21.7 Å². The molecule has 5 nitrogen and oxygen atoms in total. The van der Waals surface area contributed by atoms with Crippen molar-refractivity contribution in [3.8, 4) is 0 Å². The molecule has 4 rings (SSSR count). The standard InChI is InChI=1S/C26H25NO4/c1-16(2)18-10-12-19(13-11-18)23-22(24(28)20-8-6-17(3)7-9-20)25(29)26(30)27(23)15-21-5-4-14-31-21/h4-14,16,23,28H,15H2,1-3H3. The normalized spacial score (nSPS) is 18.2. The van der Waals surface area contributed by atoms with Crippen molar-refractivity contribution in [1.82, 2.24) is 4.90 Å². The van der Waals surface area contributed by atoms with Crippen molar-refractivity contribution in [1.29, 1.82) is 0 Å². The molecule has 1 aromatic heterocycles. The van der Waals surface area contributed by atoms with Crippen LogP contribution in [0.1, 0.15) is 53.8 Å². The number of furan rings is 1. The number of rotatable bonds is 5. The number of aryl methyl sites for hydroxylation is 1. The molecule has 3 aromatic rings. The number of aliphatic hydroxyl groups is 1. The van der Waals surface area contributed by atoms with Crippen LogP contribution in [0, 0.1) is 6.92 Å². The first-order valence-electron chi connectivity index (χ1n) is 10.3. The minimum absolute atomic E-state index is 0.0951. The topological polar surface area (TPSA) is 70.8 Å². The molecule has 5 heteroatoms. The number of ketones is 1. The molecule has 2 aromatic carbocycles. The van der Waals surface area contributed by atoms with Gasteiger partial charge in [-0.25, -0.2) is 0 Å². The van der Waals surface area contributed by atoms with Gasteiger partial charge in [0.05, 0.1) is 24.4 Å². The summed E-state index contributed by atoms with van der Waals surface area (Å²) >= 11 is 0. The average Bonchev–Trinajstić information content (AvgIpc) is 3.36. The van der Waals surface area contributed by atoms with Gasteiger partial charge in [-0.3, -0.25) is 9.59 Å². The number of carbonyl (C=O) groups excluding carboxylic acids is 2. The van der Waals surface area contributed by atoms with Gasteiger partial charge in [-0.15, -0.1) is 0 Å². The predicted octanol–water partition coefficient (Wildman–Crippen LogP) is 5.33. The molecule has 2 heterocycles. The highest BCUT2D eigenvalue weighted by atomic mass is 16.3. The van der Waals surface area contributed by atoms with Crippen LogP contribution in [0.5, 0.6) is 0 Å². The van der Waals surface area contributed by atoms with Gasteiger partial charge in [-0.2, -0.15) is 0 Å². The maximum atomic E-state index is 13.0. The van der Waals surface area contributed by atoms with Crippen LogP contribution >= 0.6 is 0 Å². The van der Waals surface area contributed by atoms with Gasteiger partial charge in [0.2, 0.25) is 0 Å². The molecule has 1 N–H and O–H groups in total. The minimum Gasteiger partial charge on any atom is -0.507 e. The molecule has 0 spiro atoms. The van der Waals surface area contributed by atoms with Gasteiger partial charge in [0.25, 0.3) is 11.7 Å². The molecule has 31 heavy (non-hydrogen) atoms. The fourth-order valence-electron chi connectivity index (χ4n) is 3.89. The van der Waals surface area contributed by atoms with Crippen molar-refractivity contribution in [3.63, 3.8) is 0 Å². The van der Waals surface area contributed by atoms with Crippen LogP contribution in [0.15, 0.2) is 76.9 Å². The summed E-state index contributed by atoms with van der Waals surface area (Å²) in [6, 6.07) is 17.9. The van der Waals surface area contributed by atoms with Crippen molar-refractivity contribution in [3.05, 3.63) is 101 Å². The van der Waals surface area contributed by atoms with Crippen molar-refractivity contribution in [2.75, 3.05) is 0 Å². The maximum absolute atomic E-state index is 13.0. The quantitative estimate of drug-likeness (QED) is 0.347. The molecule has 1 amide bonds. The highest BCUT2D eigenvalue weighted by Crippen LogP contribution is 2.40. The summed E-state index contributed by atoms with van der Waals surface area (Å²) in [5.41, 5.74) is 3.56. The van der Waals surface area contributed by atoms with Crippen LogP contribution < -0.4 is 0 Å². The first kappa shape index (κ1) is 20.7. The van der Waals surface area contributed by atoms with Crippen LogP contribution in [0.4, 0.5) is 0 Å². The third-order valence-corrected chi connectivity index (χ3v) is 5.69. The summed E-state index contributed by atoms with van der Waals surface area (Å²) in [5.74, 6) is -0.582. The molecule has 0 saturated carbocycles. The molecular formula is C26H25NO4. The highest BCUT2D eigenvalue weighted by Gasteiger charge is 2.46. The lowest BCUT2D eigenvalue weighted by molar-refractivity contribution is -0.140. The largest absolute Gasteiger partial charge is 0.507 e. The molecule has 1 atom stereocenters. The van der Waals surface area contributed by atoms with Gasteiger partial charge < -0.3 is 14.4 Å². The number of hydrogen-bond acceptors (Lipinski definition) is 4. The summed E-state index contributed by atoms with van der Waals surface area (Å²) in [6.45, 7) is 6.30. The number of hydrogen-bond donors (Lipinski definition) is 1. The Balaban J connectivity index is 1.84. The van der Waals surface area contributed by atoms with Crippen LogP contribution in [0.25, 0.3) is 5.76 Å². The van der Waals surface area contributed by atoms with Gasteiger partial charge in [0.15, 0.2) is 0 Å². The Kier molecular flexibility index (Phi) is 5.51. The smallest absolute Gasteiger partial charge is 0.296 e. The lowest BCUT2D eigenvalue weighted by Crippen LogP contribution is -2.29. The molecule has 158 valence electrons. The summed E-state index contributed by atoms with van der Waals surface area (Å²) < 4.78 is 5.42. The number of nitrogens with zero attached hydrogens (tertiary/aromatic N) is 1. The van der Waals surface area contributed by atoms with E-state index in [0.29, 0.717) is 17.2 Å². The van der Waals surface area contributed by atoms with Crippen LogP contribution in [-0.2, 0) is 16.1 Å². The molecule has 1 unspecified atom stereocenters. The van der Waals surface area contributed by atoms with E-state index >= 15 is 0 Å². The maximum Gasteiger partial charge on any atom is 0.296 e. The second kappa shape index (κ2) is 8.26. The van der Waals surface area contributed by atoms with E-state index in [4.69, 9.17) is 4.42 Å². The van der Waals surface area contributed by atoms with E-state index in [2.05, 4.69) is 13.8 Å². The first-order valence-corrected chi connectivity index (χ1v) is 10.3. The molecule has 1 saturated heterocycles. The van der Waals surface area contributed by atoms with Gasteiger partial charge in [-0.1, -0.05) is 67.9 Å². The van der Waals surface area contributed by atoms with E-state index in [0.717, 1.165) is 16.7 Å². The number of aliphatic hydroxyl groups excluding tert-OH is 1. The fraction of sp³-hybridized carbons (Fsp3) is 0.231. The van der Waals surface area contributed by atoms with Crippen molar-refractivity contribution >= 4 is 17.4 Å². The van der Waals surface area contributed by atoms with Crippen molar-refractivity contribution < 1.29 is 19.1 Å². The fourth-order valence-corrected chi connectivity index (χ4v) is 3.89. The summed E-state index contributed by atoms with van der Waals surface area (Å²) in [5, 5.41) is 11.1. The van der Waals surface area contributed by atoms with E-state index in [1.165, 1.54) is 11.2 Å². The molecule has 1 aliphatic rings. The van der Waals surface area contributed by atoms with E-state index in [1.54, 1.807) is 24.3 Å². The Labute approximate surface area is 181 Å². The Morgan fingerprint density at radius 2 is 1.71 bits per heavy atom. The van der Waals surface area contributed by atoms with E-state index in [-0.39, 0.29) is 17.9 Å². The Hall–Kier alpha value is -3.60. The van der Waals surface area contributed by atoms with E-state index in [1.807, 2.05) is 43.3 Å². The Morgan fingerprint density at radius 1 is 1.03 bits per heavy atom. The number of Topliss-reactive ketones (excluding diaryl/α,β-unsaturated/α-hetero) is 1. The Morgan fingerprint density at radius 3 is 2.29 bits per heavy atom. The molecule has 1 aliphatic heterocycles. The molecule has 0 bridgehead atoms. The SMILES string of the molecule is Cc1ccc(C(O)=C2C(=O)C(=O)N(Cc3ccco3)C2c2ccc(C(C)C)cc2)cc1. The third kappa shape index (κ3) is 3.91. The van der Waals surface area contributed by atoms with Crippen LogP contribution in [0.3, 0.4) is 0 Å². The molecular weight excluding hydrogens is 390 g/mol. The second-order valence-electron chi connectivity index (χ2n) is 8.19. The highest BCUT2D eigenvalue weighted by molar-refractivity contribution is 6.46. The second-order valence-corrected chi connectivity index (χ2v) is 8.19.